The first-order valence-electron chi connectivity index (χ1n) is 7.91. The molecule has 2 aromatic rings. The van der Waals surface area contributed by atoms with E-state index in [1.165, 1.54) is 11.8 Å². The Bertz CT molecular complexity index is 698. The van der Waals surface area contributed by atoms with Crippen LogP contribution in [-0.4, -0.2) is 31.2 Å². The first kappa shape index (κ1) is 17.7. The van der Waals surface area contributed by atoms with Gasteiger partial charge in [-0.3, -0.25) is 0 Å². The van der Waals surface area contributed by atoms with Crippen LogP contribution in [0, 0.1) is 13.8 Å². The molecule has 5 heteroatoms. The number of benzene rings is 2. The molecule has 0 saturated carbocycles. The second-order valence-corrected chi connectivity index (χ2v) is 5.28. The van der Waals surface area contributed by atoms with Gasteiger partial charge in [-0.2, -0.15) is 0 Å². The molecule has 0 amide bonds. The molecular weight excluding hydrogens is 306 g/mol. The lowest BCUT2D eigenvalue weighted by Crippen LogP contribution is -2.10. The summed E-state index contributed by atoms with van der Waals surface area (Å²) in [5, 5.41) is 11.6. The Morgan fingerprint density at radius 3 is 2.42 bits per heavy atom. The van der Waals surface area contributed by atoms with Crippen LogP contribution in [0.25, 0.3) is 0 Å². The zero-order chi connectivity index (χ0) is 17.4. The minimum atomic E-state index is 0.404. The Morgan fingerprint density at radius 2 is 1.71 bits per heavy atom. The second-order valence-electron chi connectivity index (χ2n) is 5.28. The minimum Gasteiger partial charge on any atom is -0.490 e. The molecule has 0 unspecified atom stereocenters. The monoisotopic (exact) mass is 329 g/mol. The maximum atomic E-state index is 8.61. The van der Waals surface area contributed by atoms with Gasteiger partial charge in [-0.1, -0.05) is 17.3 Å². The number of nitrogens with zero attached hydrogens (tertiary/aromatic N) is 1. The Balaban J connectivity index is 1.95. The topological polar surface area (TPSA) is 60.3 Å². The molecule has 24 heavy (non-hydrogen) atoms. The van der Waals surface area contributed by atoms with Crippen molar-refractivity contribution in [1.82, 2.24) is 0 Å². The van der Waals surface area contributed by atoms with E-state index in [2.05, 4.69) is 18.1 Å². The normalized spacial score (nSPS) is 10.8. The number of hydrogen-bond acceptors (Lipinski definition) is 5. The number of hydrogen-bond donors (Lipinski definition) is 1. The Kier molecular flexibility index (Phi) is 6.49. The SMILES string of the molecule is CCOc1cc(C=NO)ccc1OCCOc1cccc(C)c1C. The maximum Gasteiger partial charge on any atom is 0.161 e. The fourth-order valence-corrected chi connectivity index (χ4v) is 2.24. The Hall–Kier alpha value is -2.69. The highest BCUT2D eigenvalue weighted by atomic mass is 16.5. The summed E-state index contributed by atoms with van der Waals surface area (Å²) in [7, 11) is 0. The molecule has 2 aromatic carbocycles. The maximum absolute atomic E-state index is 8.61. The first-order chi connectivity index (χ1) is 11.7. The average Bonchev–Trinajstić information content (AvgIpc) is 2.57. The summed E-state index contributed by atoms with van der Waals surface area (Å²) in [5.41, 5.74) is 3.08. The zero-order valence-electron chi connectivity index (χ0n) is 14.3. The molecule has 0 aliphatic rings. The molecular formula is C19H23NO4. The van der Waals surface area contributed by atoms with Crippen LogP contribution in [0.15, 0.2) is 41.6 Å². The predicted octanol–water partition coefficient (Wildman–Crippen LogP) is 3.97. The first-order valence-corrected chi connectivity index (χ1v) is 7.91. The van der Waals surface area contributed by atoms with E-state index in [9.17, 15) is 0 Å². The van der Waals surface area contributed by atoms with E-state index in [1.54, 1.807) is 18.2 Å². The standard InChI is InChI=1S/C19H23NO4/c1-4-22-19-12-16(13-20-21)8-9-18(19)24-11-10-23-17-7-5-6-14(2)15(17)3/h5-9,12-13,21H,4,10-11H2,1-3H3. The average molecular weight is 329 g/mol. The summed E-state index contributed by atoms with van der Waals surface area (Å²) < 4.78 is 17.1. The van der Waals surface area contributed by atoms with Crippen LogP contribution in [0.3, 0.4) is 0 Å². The highest BCUT2D eigenvalue weighted by Crippen LogP contribution is 2.28. The number of oxime groups is 1. The van der Waals surface area contributed by atoms with Crippen LogP contribution in [0.2, 0.25) is 0 Å². The lowest BCUT2D eigenvalue weighted by Gasteiger charge is -2.14. The molecule has 0 radical (unpaired) electrons. The Labute approximate surface area is 142 Å². The highest BCUT2D eigenvalue weighted by molar-refractivity contribution is 5.80. The summed E-state index contributed by atoms with van der Waals surface area (Å²) >= 11 is 0. The lowest BCUT2D eigenvalue weighted by molar-refractivity contribution is 0.207. The van der Waals surface area contributed by atoms with Gasteiger partial charge in [0, 0.05) is 5.56 Å². The van der Waals surface area contributed by atoms with Gasteiger partial charge in [0.25, 0.3) is 0 Å². The van der Waals surface area contributed by atoms with Crippen molar-refractivity contribution in [2.45, 2.75) is 20.8 Å². The lowest BCUT2D eigenvalue weighted by atomic mass is 10.1. The molecule has 2 rings (SSSR count). The van der Waals surface area contributed by atoms with Crippen LogP contribution >= 0.6 is 0 Å². The molecule has 0 saturated heterocycles. The predicted molar refractivity (Wildman–Crippen MR) is 93.9 cm³/mol. The van der Waals surface area contributed by atoms with E-state index < -0.39 is 0 Å². The van der Waals surface area contributed by atoms with Crippen molar-refractivity contribution in [3.8, 4) is 17.2 Å². The fraction of sp³-hybridized carbons (Fsp3) is 0.316. The van der Waals surface area contributed by atoms with Gasteiger partial charge in [0.1, 0.15) is 19.0 Å². The zero-order valence-corrected chi connectivity index (χ0v) is 14.3. The van der Waals surface area contributed by atoms with Crippen molar-refractivity contribution in [2.24, 2.45) is 5.16 Å². The van der Waals surface area contributed by atoms with Gasteiger partial charge in [-0.05, 0) is 56.2 Å². The van der Waals surface area contributed by atoms with E-state index in [1.807, 2.05) is 26.0 Å². The summed E-state index contributed by atoms with van der Waals surface area (Å²) in [5.74, 6) is 2.12. The Morgan fingerprint density at radius 1 is 0.958 bits per heavy atom. The van der Waals surface area contributed by atoms with E-state index in [0.29, 0.717) is 31.3 Å². The fourth-order valence-electron chi connectivity index (χ4n) is 2.24. The van der Waals surface area contributed by atoms with E-state index in [4.69, 9.17) is 19.4 Å². The van der Waals surface area contributed by atoms with Crippen molar-refractivity contribution in [1.29, 1.82) is 0 Å². The van der Waals surface area contributed by atoms with Crippen molar-refractivity contribution in [3.05, 3.63) is 53.1 Å². The number of aryl methyl sites for hydroxylation is 1. The van der Waals surface area contributed by atoms with Crippen LogP contribution in [-0.2, 0) is 0 Å². The molecule has 0 aliphatic heterocycles. The van der Waals surface area contributed by atoms with Gasteiger partial charge in [0.15, 0.2) is 11.5 Å². The van der Waals surface area contributed by atoms with Crippen molar-refractivity contribution < 1.29 is 19.4 Å². The molecule has 128 valence electrons. The van der Waals surface area contributed by atoms with E-state index in [-0.39, 0.29) is 0 Å². The highest BCUT2D eigenvalue weighted by Gasteiger charge is 2.07. The van der Waals surface area contributed by atoms with Gasteiger partial charge in [0.05, 0.1) is 12.8 Å². The molecule has 1 N–H and O–H groups in total. The molecule has 0 atom stereocenters. The van der Waals surface area contributed by atoms with E-state index >= 15 is 0 Å². The quantitative estimate of drug-likeness (QED) is 0.344. The number of ether oxygens (including phenoxy) is 3. The summed E-state index contributed by atoms with van der Waals surface area (Å²) in [6.45, 7) is 7.37. The third-order valence-corrected chi connectivity index (χ3v) is 3.63. The molecule has 0 aliphatic carbocycles. The molecule has 0 aromatic heterocycles. The molecule has 0 bridgehead atoms. The third-order valence-electron chi connectivity index (χ3n) is 3.63. The van der Waals surface area contributed by atoms with Crippen molar-refractivity contribution in [2.75, 3.05) is 19.8 Å². The van der Waals surface area contributed by atoms with Crippen LogP contribution < -0.4 is 14.2 Å². The third kappa shape index (κ3) is 4.65. The van der Waals surface area contributed by atoms with Crippen molar-refractivity contribution >= 4 is 6.21 Å². The summed E-state index contributed by atoms with van der Waals surface area (Å²) in [4.78, 5) is 0. The van der Waals surface area contributed by atoms with Crippen LogP contribution in [0.4, 0.5) is 0 Å². The molecule has 0 fully saturated rings. The summed E-state index contributed by atoms with van der Waals surface area (Å²) in [6.07, 6.45) is 1.34. The van der Waals surface area contributed by atoms with Gasteiger partial charge in [0.2, 0.25) is 0 Å². The van der Waals surface area contributed by atoms with Gasteiger partial charge < -0.3 is 19.4 Å². The van der Waals surface area contributed by atoms with Crippen molar-refractivity contribution in [3.63, 3.8) is 0 Å². The smallest absolute Gasteiger partial charge is 0.161 e. The minimum absolute atomic E-state index is 0.404. The van der Waals surface area contributed by atoms with E-state index in [0.717, 1.165) is 16.9 Å². The molecule has 0 heterocycles. The summed E-state index contributed by atoms with van der Waals surface area (Å²) in [6, 6.07) is 11.3. The largest absolute Gasteiger partial charge is 0.490 e. The van der Waals surface area contributed by atoms with Gasteiger partial charge in [-0.25, -0.2) is 0 Å². The van der Waals surface area contributed by atoms with Crippen LogP contribution in [0.5, 0.6) is 17.2 Å². The number of rotatable bonds is 8. The van der Waals surface area contributed by atoms with Crippen LogP contribution in [0.1, 0.15) is 23.6 Å². The van der Waals surface area contributed by atoms with Gasteiger partial charge >= 0.3 is 0 Å². The van der Waals surface area contributed by atoms with Gasteiger partial charge in [-0.15, -0.1) is 0 Å². The second kappa shape index (κ2) is 8.82. The molecule has 5 nitrogen and oxygen atoms in total. The molecule has 0 spiro atoms.